The van der Waals surface area contributed by atoms with Crippen LogP contribution in [-0.4, -0.2) is 6.10 Å². The highest BCUT2D eigenvalue weighted by atomic mass is 79.9. The zero-order valence-corrected chi connectivity index (χ0v) is 11.2. The molecule has 1 rings (SSSR count). The minimum Gasteiger partial charge on any atom is -0.489 e. The molecular formula is C12H14BrClO. The predicted octanol–water partition coefficient (Wildman–Crippen LogP) is 4.75. The van der Waals surface area contributed by atoms with Gasteiger partial charge in [0.15, 0.2) is 0 Å². The van der Waals surface area contributed by atoms with Gasteiger partial charge in [0.1, 0.15) is 5.75 Å². The Labute approximate surface area is 104 Å². The summed E-state index contributed by atoms with van der Waals surface area (Å²) in [6.45, 7) is 7.65. The van der Waals surface area contributed by atoms with Gasteiger partial charge in [-0.2, -0.15) is 0 Å². The van der Waals surface area contributed by atoms with Gasteiger partial charge in [-0.25, -0.2) is 0 Å². The molecule has 0 aliphatic rings. The Kier molecular flexibility index (Phi) is 4.68. The lowest BCUT2D eigenvalue weighted by atomic mass is 10.2. The Bertz CT molecular complexity index is 363. The molecule has 0 saturated heterocycles. The molecule has 0 aliphatic carbocycles. The van der Waals surface area contributed by atoms with Crippen LogP contribution < -0.4 is 4.74 Å². The van der Waals surface area contributed by atoms with E-state index in [0.717, 1.165) is 27.2 Å². The number of benzene rings is 1. The van der Waals surface area contributed by atoms with Gasteiger partial charge in [0.05, 0.1) is 10.6 Å². The van der Waals surface area contributed by atoms with Crippen molar-refractivity contribution in [1.82, 2.24) is 0 Å². The van der Waals surface area contributed by atoms with Gasteiger partial charge in [-0.05, 0) is 47.5 Å². The Morgan fingerprint density at radius 1 is 1.60 bits per heavy atom. The molecule has 0 unspecified atom stereocenters. The van der Waals surface area contributed by atoms with Crippen molar-refractivity contribution in [3.63, 3.8) is 0 Å². The standard InChI is InChI=1S/C12H14BrClO/c1-4-5-8(2)15-11-7-6-10(14)9(3)12(11)13/h4,6-8H,1,5H2,2-3H3/t8-/m0/s1. The molecule has 1 aromatic rings. The van der Waals surface area contributed by atoms with Crippen LogP contribution in [0.2, 0.25) is 5.02 Å². The topological polar surface area (TPSA) is 9.23 Å². The van der Waals surface area contributed by atoms with E-state index in [-0.39, 0.29) is 6.10 Å². The van der Waals surface area contributed by atoms with Crippen LogP contribution in [0.15, 0.2) is 29.3 Å². The molecule has 0 spiro atoms. The van der Waals surface area contributed by atoms with Crippen LogP contribution in [0.4, 0.5) is 0 Å². The summed E-state index contributed by atoms with van der Waals surface area (Å²) < 4.78 is 6.67. The Morgan fingerprint density at radius 3 is 2.87 bits per heavy atom. The van der Waals surface area contributed by atoms with Gasteiger partial charge in [-0.1, -0.05) is 17.7 Å². The summed E-state index contributed by atoms with van der Waals surface area (Å²) in [6.07, 6.45) is 2.80. The number of ether oxygens (including phenoxy) is 1. The molecule has 0 saturated carbocycles. The maximum atomic E-state index is 5.98. The molecule has 15 heavy (non-hydrogen) atoms. The second-order valence-corrected chi connectivity index (χ2v) is 4.64. The minimum absolute atomic E-state index is 0.124. The summed E-state index contributed by atoms with van der Waals surface area (Å²) in [5.74, 6) is 0.825. The third-order valence-corrected chi connectivity index (χ3v) is 3.51. The average Bonchev–Trinajstić information content (AvgIpc) is 2.20. The fourth-order valence-corrected chi connectivity index (χ4v) is 1.94. The number of rotatable bonds is 4. The number of hydrogen-bond donors (Lipinski definition) is 0. The summed E-state index contributed by atoms with van der Waals surface area (Å²) >= 11 is 9.46. The van der Waals surface area contributed by atoms with Crippen molar-refractivity contribution in [3.8, 4) is 5.75 Å². The Hall–Kier alpha value is -0.470. The van der Waals surface area contributed by atoms with Crippen molar-refractivity contribution in [1.29, 1.82) is 0 Å². The van der Waals surface area contributed by atoms with E-state index >= 15 is 0 Å². The van der Waals surface area contributed by atoms with Gasteiger partial charge in [-0.15, -0.1) is 6.58 Å². The molecule has 0 fully saturated rings. The highest BCUT2D eigenvalue weighted by Gasteiger charge is 2.09. The van der Waals surface area contributed by atoms with Crippen molar-refractivity contribution in [2.24, 2.45) is 0 Å². The van der Waals surface area contributed by atoms with E-state index in [2.05, 4.69) is 22.5 Å². The molecule has 1 aromatic carbocycles. The number of hydrogen-bond acceptors (Lipinski definition) is 1. The van der Waals surface area contributed by atoms with E-state index in [0.29, 0.717) is 0 Å². The molecule has 1 nitrogen and oxygen atoms in total. The van der Waals surface area contributed by atoms with E-state index in [1.807, 2.05) is 32.1 Å². The van der Waals surface area contributed by atoms with Gasteiger partial charge in [0, 0.05) is 11.4 Å². The van der Waals surface area contributed by atoms with Gasteiger partial charge in [-0.3, -0.25) is 0 Å². The van der Waals surface area contributed by atoms with E-state index in [4.69, 9.17) is 16.3 Å². The Balaban J connectivity index is 2.86. The smallest absolute Gasteiger partial charge is 0.134 e. The fraction of sp³-hybridized carbons (Fsp3) is 0.333. The lowest BCUT2D eigenvalue weighted by Crippen LogP contribution is -2.10. The zero-order chi connectivity index (χ0) is 11.4. The monoisotopic (exact) mass is 288 g/mol. The van der Waals surface area contributed by atoms with Crippen molar-refractivity contribution >= 4 is 27.5 Å². The lowest BCUT2D eigenvalue weighted by molar-refractivity contribution is 0.224. The van der Waals surface area contributed by atoms with E-state index < -0.39 is 0 Å². The van der Waals surface area contributed by atoms with Crippen LogP contribution >= 0.6 is 27.5 Å². The molecule has 0 amide bonds. The van der Waals surface area contributed by atoms with Crippen molar-refractivity contribution in [3.05, 3.63) is 39.8 Å². The highest BCUT2D eigenvalue weighted by molar-refractivity contribution is 9.10. The van der Waals surface area contributed by atoms with Crippen molar-refractivity contribution < 1.29 is 4.74 Å². The SMILES string of the molecule is C=CC[C@H](C)Oc1ccc(Cl)c(C)c1Br. The van der Waals surface area contributed by atoms with Crippen LogP contribution in [0, 0.1) is 6.92 Å². The first-order chi connectivity index (χ1) is 7.06. The maximum Gasteiger partial charge on any atom is 0.134 e. The molecule has 0 radical (unpaired) electrons. The van der Waals surface area contributed by atoms with Crippen molar-refractivity contribution in [2.75, 3.05) is 0 Å². The fourth-order valence-electron chi connectivity index (χ4n) is 1.23. The third kappa shape index (κ3) is 3.25. The summed E-state index contributed by atoms with van der Waals surface area (Å²) in [6, 6.07) is 3.72. The van der Waals surface area contributed by atoms with Crippen LogP contribution in [0.25, 0.3) is 0 Å². The summed E-state index contributed by atoms with van der Waals surface area (Å²) in [5.41, 5.74) is 1.000. The van der Waals surface area contributed by atoms with Crippen molar-refractivity contribution in [2.45, 2.75) is 26.4 Å². The maximum absolute atomic E-state index is 5.98. The quantitative estimate of drug-likeness (QED) is 0.727. The second kappa shape index (κ2) is 5.57. The molecule has 0 N–H and O–H groups in total. The molecule has 82 valence electrons. The molecule has 0 aromatic heterocycles. The molecular weight excluding hydrogens is 275 g/mol. The molecule has 1 atom stereocenters. The lowest BCUT2D eigenvalue weighted by Gasteiger charge is -2.15. The zero-order valence-electron chi connectivity index (χ0n) is 8.89. The first-order valence-corrected chi connectivity index (χ1v) is 5.95. The molecule has 0 bridgehead atoms. The molecule has 0 aliphatic heterocycles. The molecule has 0 heterocycles. The number of halogens is 2. The first-order valence-electron chi connectivity index (χ1n) is 4.78. The van der Waals surface area contributed by atoms with Gasteiger partial charge >= 0.3 is 0 Å². The van der Waals surface area contributed by atoms with E-state index in [9.17, 15) is 0 Å². The normalized spacial score (nSPS) is 12.3. The minimum atomic E-state index is 0.124. The summed E-state index contributed by atoms with van der Waals surface area (Å²) in [4.78, 5) is 0. The van der Waals surface area contributed by atoms with Gasteiger partial charge in [0.2, 0.25) is 0 Å². The third-order valence-electron chi connectivity index (χ3n) is 2.11. The van der Waals surface area contributed by atoms with E-state index in [1.54, 1.807) is 0 Å². The van der Waals surface area contributed by atoms with Gasteiger partial charge in [0.25, 0.3) is 0 Å². The summed E-state index contributed by atoms with van der Waals surface area (Å²) in [7, 11) is 0. The average molecular weight is 290 g/mol. The summed E-state index contributed by atoms with van der Waals surface area (Å²) in [5, 5.41) is 0.741. The van der Waals surface area contributed by atoms with Gasteiger partial charge < -0.3 is 4.74 Å². The molecule has 3 heteroatoms. The first kappa shape index (κ1) is 12.6. The Morgan fingerprint density at radius 2 is 2.27 bits per heavy atom. The predicted molar refractivity (Wildman–Crippen MR) is 68.8 cm³/mol. The van der Waals surface area contributed by atoms with Crippen LogP contribution in [0.5, 0.6) is 5.75 Å². The van der Waals surface area contributed by atoms with E-state index in [1.165, 1.54) is 0 Å². The highest BCUT2D eigenvalue weighted by Crippen LogP contribution is 2.33. The van der Waals surface area contributed by atoms with Crippen LogP contribution in [0.1, 0.15) is 18.9 Å². The second-order valence-electron chi connectivity index (χ2n) is 3.44. The largest absolute Gasteiger partial charge is 0.489 e. The van der Waals surface area contributed by atoms with Crippen LogP contribution in [0.3, 0.4) is 0 Å². The van der Waals surface area contributed by atoms with Crippen LogP contribution in [-0.2, 0) is 0 Å².